The molecule has 0 saturated carbocycles. The molecule has 0 heterocycles. The Morgan fingerprint density at radius 2 is 1.81 bits per heavy atom. The second-order valence-electron chi connectivity index (χ2n) is 4.58. The molecule has 0 aromatic heterocycles. The van der Waals surface area contributed by atoms with Crippen molar-refractivity contribution in [3.8, 4) is 0 Å². The Morgan fingerprint density at radius 3 is 2.43 bits per heavy atom. The lowest BCUT2D eigenvalue weighted by molar-refractivity contribution is -0.137. The monoisotopic (exact) mass is 318 g/mol. The highest BCUT2D eigenvalue weighted by atomic mass is 35.5. The summed E-state index contributed by atoms with van der Waals surface area (Å²) in [5.41, 5.74) is -0.777. The fourth-order valence-electron chi connectivity index (χ4n) is 1.97. The summed E-state index contributed by atoms with van der Waals surface area (Å²) in [7, 11) is 0. The molecule has 6 heteroatoms. The molecule has 1 nitrogen and oxygen atoms in total. The van der Waals surface area contributed by atoms with Gasteiger partial charge in [-0.3, -0.25) is 0 Å². The highest BCUT2D eigenvalue weighted by Crippen LogP contribution is 2.32. The number of hydrogen-bond donors (Lipinski definition) is 1. The number of halogens is 5. The Bertz CT molecular complexity index is 640. The van der Waals surface area contributed by atoms with Crippen LogP contribution in [0.25, 0.3) is 0 Å². The maximum atomic E-state index is 13.6. The predicted molar refractivity (Wildman–Crippen MR) is 71.5 cm³/mol. The van der Waals surface area contributed by atoms with Gasteiger partial charge in [0.1, 0.15) is 5.82 Å². The number of hydrogen-bond acceptors (Lipinski definition) is 1. The summed E-state index contributed by atoms with van der Waals surface area (Å²) in [5, 5.41) is 10.4. The minimum absolute atomic E-state index is 0.0290. The van der Waals surface area contributed by atoms with Gasteiger partial charge >= 0.3 is 6.18 Å². The van der Waals surface area contributed by atoms with Crippen LogP contribution in [0.15, 0.2) is 42.5 Å². The van der Waals surface area contributed by atoms with Crippen molar-refractivity contribution >= 4 is 11.6 Å². The Hall–Kier alpha value is -1.59. The molecule has 0 aliphatic heterocycles. The zero-order valence-corrected chi connectivity index (χ0v) is 11.4. The fraction of sp³-hybridized carbons (Fsp3) is 0.200. The third kappa shape index (κ3) is 3.95. The van der Waals surface area contributed by atoms with E-state index in [-0.39, 0.29) is 12.0 Å². The van der Waals surface area contributed by atoms with Gasteiger partial charge in [0.05, 0.1) is 11.7 Å². The van der Waals surface area contributed by atoms with Crippen molar-refractivity contribution in [1.29, 1.82) is 0 Å². The predicted octanol–water partition coefficient (Wildman–Crippen LogP) is 4.77. The van der Waals surface area contributed by atoms with Crippen molar-refractivity contribution in [3.05, 3.63) is 70.0 Å². The lowest BCUT2D eigenvalue weighted by Crippen LogP contribution is -2.10. The summed E-state index contributed by atoms with van der Waals surface area (Å²) in [6, 6.07) is 8.47. The number of rotatable bonds is 3. The van der Waals surface area contributed by atoms with Gasteiger partial charge in [0, 0.05) is 17.0 Å². The van der Waals surface area contributed by atoms with E-state index in [4.69, 9.17) is 11.6 Å². The second kappa shape index (κ2) is 6.03. The van der Waals surface area contributed by atoms with Crippen molar-refractivity contribution in [1.82, 2.24) is 0 Å². The summed E-state index contributed by atoms with van der Waals surface area (Å²) in [5.74, 6) is -0.877. The van der Waals surface area contributed by atoms with E-state index in [9.17, 15) is 22.7 Å². The summed E-state index contributed by atoms with van der Waals surface area (Å²) in [4.78, 5) is 0. The maximum Gasteiger partial charge on any atom is 0.416 e. The molecule has 0 aliphatic carbocycles. The van der Waals surface area contributed by atoms with Crippen LogP contribution in [0.1, 0.15) is 22.8 Å². The van der Waals surface area contributed by atoms with Gasteiger partial charge in [-0.1, -0.05) is 23.7 Å². The molecule has 1 atom stereocenters. The van der Waals surface area contributed by atoms with Crippen LogP contribution in [-0.4, -0.2) is 5.11 Å². The van der Waals surface area contributed by atoms with E-state index in [1.807, 2.05) is 0 Å². The molecule has 2 rings (SSSR count). The molecule has 1 N–H and O–H groups in total. The molecule has 0 radical (unpaired) electrons. The Morgan fingerprint density at radius 1 is 1.10 bits per heavy atom. The molecule has 1 unspecified atom stereocenters. The van der Waals surface area contributed by atoms with Crippen LogP contribution in [0.2, 0.25) is 5.02 Å². The van der Waals surface area contributed by atoms with Crippen LogP contribution < -0.4 is 0 Å². The zero-order valence-electron chi connectivity index (χ0n) is 10.7. The molecule has 21 heavy (non-hydrogen) atoms. The zero-order chi connectivity index (χ0) is 15.6. The lowest BCUT2D eigenvalue weighted by atomic mass is 9.99. The van der Waals surface area contributed by atoms with Gasteiger partial charge in [-0.25, -0.2) is 4.39 Å². The number of alkyl halides is 3. The first-order valence-electron chi connectivity index (χ1n) is 6.06. The number of aliphatic hydroxyl groups is 1. The van der Waals surface area contributed by atoms with Gasteiger partial charge in [0.2, 0.25) is 0 Å². The summed E-state index contributed by atoms with van der Waals surface area (Å²) < 4.78 is 51.5. The highest BCUT2D eigenvalue weighted by molar-refractivity contribution is 6.30. The van der Waals surface area contributed by atoms with Crippen LogP contribution in [0.5, 0.6) is 0 Å². The van der Waals surface area contributed by atoms with Crippen LogP contribution in [0.4, 0.5) is 17.6 Å². The standard InChI is InChI=1S/C15H11ClF4O/c16-11-3-1-2-9(6-11)7-14(21)12-8-10(15(18,19)20)4-5-13(12)17/h1-6,8,14,21H,7H2. The molecule has 0 bridgehead atoms. The van der Waals surface area contributed by atoms with E-state index in [0.29, 0.717) is 28.8 Å². The highest BCUT2D eigenvalue weighted by Gasteiger charge is 2.31. The Labute approximate surface area is 123 Å². The lowest BCUT2D eigenvalue weighted by Gasteiger charge is -2.15. The van der Waals surface area contributed by atoms with Crippen LogP contribution in [0, 0.1) is 5.82 Å². The van der Waals surface area contributed by atoms with E-state index in [1.54, 1.807) is 24.3 Å². The van der Waals surface area contributed by atoms with E-state index >= 15 is 0 Å². The molecule has 2 aromatic rings. The minimum Gasteiger partial charge on any atom is -0.388 e. The molecule has 112 valence electrons. The van der Waals surface area contributed by atoms with Gasteiger partial charge in [-0.2, -0.15) is 13.2 Å². The smallest absolute Gasteiger partial charge is 0.388 e. The van der Waals surface area contributed by atoms with Crippen LogP contribution in [0.3, 0.4) is 0 Å². The first-order chi connectivity index (χ1) is 9.77. The minimum atomic E-state index is -4.59. The Balaban J connectivity index is 2.28. The normalized spacial score (nSPS) is 13.2. The molecule has 0 fully saturated rings. The molecular formula is C15H11ClF4O. The first-order valence-corrected chi connectivity index (χ1v) is 6.44. The van der Waals surface area contributed by atoms with Crippen molar-refractivity contribution in [3.63, 3.8) is 0 Å². The van der Waals surface area contributed by atoms with Crippen LogP contribution in [-0.2, 0) is 12.6 Å². The number of aliphatic hydroxyl groups excluding tert-OH is 1. The molecule has 0 amide bonds. The van der Waals surface area contributed by atoms with Crippen LogP contribution >= 0.6 is 11.6 Å². The van der Waals surface area contributed by atoms with Gasteiger partial charge in [-0.05, 0) is 35.9 Å². The average Bonchev–Trinajstić information content (AvgIpc) is 2.37. The first kappa shape index (κ1) is 15.8. The van der Waals surface area contributed by atoms with Crippen molar-refractivity contribution in [2.45, 2.75) is 18.7 Å². The Kier molecular flexibility index (Phi) is 4.54. The SMILES string of the molecule is OC(Cc1cccc(Cl)c1)c1cc(C(F)(F)F)ccc1F. The van der Waals surface area contributed by atoms with Crippen molar-refractivity contribution in [2.75, 3.05) is 0 Å². The van der Waals surface area contributed by atoms with Gasteiger partial charge in [0.25, 0.3) is 0 Å². The third-order valence-electron chi connectivity index (χ3n) is 3.00. The fourth-order valence-corrected chi connectivity index (χ4v) is 2.19. The molecule has 0 aliphatic rings. The topological polar surface area (TPSA) is 20.2 Å². The summed E-state index contributed by atoms with van der Waals surface area (Å²) >= 11 is 5.79. The molecule has 2 aromatic carbocycles. The van der Waals surface area contributed by atoms with Crippen molar-refractivity contribution < 1.29 is 22.7 Å². The largest absolute Gasteiger partial charge is 0.416 e. The van der Waals surface area contributed by atoms with E-state index < -0.39 is 23.7 Å². The molecule has 0 saturated heterocycles. The van der Waals surface area contributed by atoms with Gasteiger partial charge in [-0.15, -0.1) is 0 Å². The van der Waals surface area contributed by atoms with E-state index in [0.717, 1.165) is 0 Å². The number of benzene rings is 2. The average molecular weight is 319 g/mol. The van der Waals surface area contributed by atoms with E-state index in [1.165, 1.54) is 0 Å². The third-order valence-corrected chi connectivity index (χ3v) is 3.24. The molecular weight excluding hydrogens is 308 g/mol. The quantitative estimate of drug-likeness (QED) is 0.808. The van der Waals surface area contributed by atoms with Gasteiger partial charge in [0.15, 0.2) is 0 Å². The second-order valence-corrected chi connectivity index (χ2v) is 5.02. The summed E-state index contributed by atoms with van der Waals surface area (Å²) in [6.07, 6.45) is -6.00. The van der Waals surface area contributed by atoms with Crippen molar-refractivity contribution in [2.24, 2.45) is 0 Å². The maximum absolute atomic E-state index is 13.6. The van der Waals surface area contributed by atoms with E-state index in [2.05, 4.69) is 0 Å². The van der Waals surface area contributed by atoms with Gasteiger partial charge < -0.3 is 5.11 Å². The summed E-state index contributed by atoms with van der Waals surface area (Å²) in [6.45, 7) is 0. The molecule has 0 spiro atoms.